The van der Waals surface area contributed by atoms with Crippen molar-refractivity contribution in [2.45, 2.75) is 19.4 Å². The maximum atomic E-state index is 13.6. The molecule has 1 heterocycles. The normalized spacial score (nSPS) is 16.1. The summed E-state index contributed by atoms with van der Waals surface area (Å²) in [6.07, 6.45) is 0. The first-order valence-electron chi connectivity index (χ1n) is 11.4. The Kier molecular flexibility index (Phi) is 6.76. The number of ketones is 1. The van der Waals surface area contributed by atoms with E-state index in [1.807, 2.05) is 55.5 Å². The summed E-state index contributed by atoms with van der Waals surface area (Å²) in [5, 5.41) is 12.7. The highest BCUT2D eigenvalue weighted by Gasteiger charge is 2.43. The third-order valence-electron chi connectivity index (χ3n) is 6.52. The molecule has 3 aromatic carbocycles. The minimum absolute atomic E-state index is 0.127. The smallest absolute Gasteiger partial charge is 0.336 e. The van der Waals surface area contributed by atoms with Crippen LogP contribution in [0.1, 0.15) is 45.5 Å². The summed E-state index contributed by atoms with van der Waals surface area (Å²) in [5.41, 5.74) is 5.64. The first-order chi connectivity index (χ1) is 17.8. The second kappa shape index (κ2) is 10.0. The average molecular weight is 620 g/mol. The van der Waals surface area contributed by atoms with E-state index in [0.29, 0.717) is 48.4 Å². The highest BCUT2D eigenvalue weighted by atomic mass is 79.9. The number of nitrogens with zero attached hydrogens (tertiary/aromatic N) is 1. The molecule has 184 valence electrons. The van der Waals surface area contributed by atoms with Crippen LogP contribution in [0, 0.1) is 11.3 Å². The van der Waals surface area contributed by atoms with Crippen molar-refractivity contribution in [2.24, 2.45) is 0 Å². The molecule has 3 aromatic rings. The number of rotatable bonds is 5. The number of allylic oxidation sites excluding steroid dienone is 2. The molecule has 0 bridgehead atoms. The van der Waals surface area contributed by atoms with Gasteiger partial charge in [0.25, 0.3) is 0 Å². The van der Waals surface area contributed by atoms with E-state index in [4.69, 9.17) is 9.47 Å². The predicted molar refractivity (Wildman–Crippen MR) is 146 cm³/mol. The van der Waals surface area contributed by atoms with Crippen LogP contribution in [0.5, 0.6) is 5.75 Å². The summed E-state index contributed by atoms with van der Waals surface area (Å²) in [4.78, 5) is 26.5. The molecule has 37 heavy (non-hydrogen) atoms. The number of carbonyl (C=O) groups excluding carboxylic acids is 2. The average Bonchev–Trinajstić information content (AvgIpc) is 3.18. The van der Waals surface area contributed by atoms with Gasteiger partial charge in [0.2, 0.25) is 0 Å². The Morgan fingerprint density at radius 2 is 1.70 bits per heavy atom. The number of nitriles is 1. The lowest BCUT2D eigenvalue weighted by Gasteiger charge is -2.29. The molecule has 0 saturated carbocycles. The Morgan fingerprint density at radius 3 is 2.38 bits per heavy atom. The van der Waals surface area contributed by atoms with Gasteiger partial charge in [-0.2, -0.15) is 5.26 Å². The zero-order chi connectivity index (χ0) is 26.3. The zero-order valence-corrected chi connectivity index (χ0v) is 23.1. The van der Waals surface area contributed by atoms with Crippen LogP contribution in [0.4, 0.5) is 0 Å². The van der Waals surface area contributed by atoms with Crippen LogP contribution in [-0.4, -0.2) is 18.9 Å². The molecule has 6 nitrogen and oxygen atoms in total. The zero-order valence-electron chi connectivity index (χ0n) is 19.9. The van der Waals surface area contributed by atoms with Gasteiger partial charge in [-0.3, -0.25) is 4.79 Å². The fourth-order valence-corrected chi connectivity index (χ4v) is 6.28. The lowest BCUT2D eigenvalue weighted by molar-refractivity contribution is -0.136. The third-order valence-corrected chi connectivity index (χ3v) is 7.70. The summed E-state index contributed by atoms with van der Waals surface area (Å²) in [7, 11) is 1.33. The maximum Gasteiger partial charge on any atom is 0.336 e. The molecule has 0 amide bonds. The van der Waals surface area contributed by atoms with Gasteiger partial charge in [0.1, 0.15) is 12.4 Å². The molecule has 1 N–H and O–H groups in total. The van der Waals surface area contributed by atoms with E-state index in [-0.39, 0.29) is 12.4 Å². The Hall–Kier alpha value is -3.67. The predicted octanol–water partition coefficient (Wildman–Crippen LogP) is 6.40. The Labute approximate surface area is 230 Å². The van der Waals surface area contributed by atoms with Crippen LogP contribution in [0.25, 0.3) is 5.70 Å². The van der Waals surface area contributed by atoms with Crippen LogP contribution in [0.3, 0.4) is 0 Å². The molecule has 0 fully saturated rings. The quantitative estimate of drug-likeness (QED) is 0.332. The number of hydrogen-bond acceptors (Lipinski definition) is 6. The van der Waals surface area contributed by atoms with Crippen LogP contribution in [-0.2, 0) is 16.1 Å². The highest BCUT2D eigenvalue weighted by molar-refractivity contribution is 9.11. The van der Waals surface area contributed by atoms with E-state index in [1.165, 1.54) is 7.11 Å². The standard InChI is InChI=1S/C29H20Br2N2O4/c1-15-23(29(35)36-2)24(25-26(33-15)19-9-5-6-10-20(19)27(25)34)18-11-21(30)28(22(31)12-18)37-14-17-8-4-3-7-16(17)13-32/h3-12,24,33H,14H2,1-2H3/t24-/m0/s1. The molecular weight excluding hydrogens is 600 g/mol. The van der Waals surface area contributed by atoms with Crippen molar-refractivity contribution in [3.8, 4) is 11.8 Å². The van der Waals surface area contributed by atoms with Crippen molar-refractivity contribution < 1.29 is 19.1 Å². The second-order valence-electron chi connectivity index (χ2n) is 8.62. The molecule has 8 heteroatoms. The number of ether oxygens (including phenoxy) is 2. The van der Waals surface area contributed by atoms with Crippen molar-refractivity contribution in [3.63, 3.8) is 0 Å². The molecule has 2 aliphatic rings. The van der Waals surface area contributed by atoms with Gasteiger partial charge in [-0.1, -0.05) is 42.5 Å². The maximum absolute atomic E-state index is 13.6. The van der Waals surface area contributed by atoms with Gasteiger partial charge in [0.15, 0.2) is 5.78 Å². The topological polar surface area (TPSA) is 88.4 Å². The number of carbonyl (C=O) groups is 2. The molecule has 1 aliphatic carbocycles. The number of esters is 1. The van der Waals surface area contributed by atoms with Crippen molar-refractivity contribution in [3.05, 3.63) is 114 Å². The van der Waals surface area contributed by atoms with Crippen molar-refractivity contribution in [1.29, 1.82) is 5.26 Å². The Bertz CT molecular complexity index is 1560. The van der Waals surface area contributed by atoms with Gasteiger partial charge in [-0.05, 0) is 62.5 Å². The van der Waals surface area contributed by atoms with E-state index >= 15 is 0 Å². The number of hydrogen-bond donors (Lipinski definition) is 1. The number of dihydropyridines is 1. The Morgan fingerprint density at radius 1 is 1.05 bits per heavy atom. The minimum Gasteiger partial charge on any atom is -0.486 e. The number of methoxy groups -OCH3 is 1. The van der Waals surface area contributed by atoms with Gasteiger partial charge in [-0.25, -0.2) is 4.79 Å². The number of benzene rings is 3. The molecule has 0 saturated heterocycles. The van der Waals surface area contributed by atoms with E-state index in [1.54, 1.807) is 12.1 Å². The molecule has 5 rings (SSSR count). The van der Waals surface area contributed by atoms with Gasteiger partial charge < -0.3 is 14.8 Å². The van der Waals surface area contributed by atoms with Crippen molar-refractivity contribution in [2.75, 3.05) is 7.11 Å². The van der Waals surface area contributed by atoms with Crippen LogP contribution in [0.2, 0.25) is 0 Å². The van der Waals surface area contributed by atoms with Gasteiger partial charge in [0, 0.05) is 33.9 Å². The highest BCUT2D eigenvalue weighted by Crippen LogP contribution is 2.48. The second-order valence-corrected chi connectivity index (χ2v) is 10.3. The fraction of sp³-hybridized carbons (Fsp3) is 0.138. The summed E-state index contributed by atoms with van der Waals surface area (Å²) in [6, 6.07) is 20.5. The van der Waals surface area contributed by atoms with E-state index in [0.717, 1.165) is 16.7 Å². The first kappa shape index (κ1) is 25.0. The number of fused-ring (bicyclic) bond motifs is 2. The van der Waals surface area contributed by atoms with Crippen molar-refractivity contribution in [1.82, 2.24) is 5.32 Å². The first-order valence-corrected chi connectivity index (χ1v) is 13.0. The summed E-state index contributed by atoms with van der Waals surface area (Å²) in [6.45, 7) is 2.01. The third kappa shape index (κ3) is 4.28. The fourth-order valence-electron chi connectivity index (χ4n) is 4.83. The molecule has 1 atom stereocenters. The van der Waals surface area contributed by atoms with Crippen molar-refractivity contribution >= 4 is 49.3 Å². The van der Waals surface area contributed by atoms with Crippen LogP contribution in [0.15, 0.2) is 86.5 Å². The molecule has 0 unspecified atom stereocenters. The number of nitrogens with one attached hydrogen (secondary N) is 1. The van der Waals surface area contributed by atoms with Gasteiger partial charge in [-0.15, -0.1) is 0 Å². The summed E-state index contributed by atoms with van der Waals surface area (Å²) < 4.78 is 12.5. The van der Waals surface area contributed by atoms with E-state index in [2.05, 4.69) is 43.2 Å². The Balaban J connectivity index is 1.58. The summed E-state index contributed by atoms with van der Waals surface area (Å²) >= 11 is 7.22. The monoisotopic (exact) mass is 618 g/mol. The SMILES string of the molecule is COC(=O)C1=C(C)NC2=C(C(=O)c3ccccc32)[C@H]1c1cc(Br)c(OCc2ccccc2C#N)c(Br)c1. The van der Waals surface area contributed by atoms with Gasteiger partial charge in [0.05, 0.1) is 39.0 Å². The largest absolute Gasteiger partial charge is 0.486 e. The molecule has 0 spiro atoms. The molecular formula is C29H20Br2N2O4. The lowest BCUT2D eigenvalue weighted by Crippen LogP contribution is -2.29. The molecule has 0 radical (unpaired) electrons. The van der Waals surface area contributed by atoms with E-state index < -0.39 is 11.9 Å². The van der Waals surface area contributed by atoms with Crippen LogP contribution < -0.4 is 10.1 Å². The van der Waals surface area contributed by atoms with Gasteiger partial charge >= 0.3 is 5.97 Å². The lowest BCUT2D eigenvalue weighted by atomic mass is 9.80. The molecule has 1 aliphatic heterocycles. The van der Waals surface area contributed by atoms with E-state index in [9.17, 15) is 14.9 Å². The summed E-state index contributed by atoms with van der Waals surface area (Å²) in [5.74, 6) is -0.741. The molecule has 0 aromatic heterocycles. The minimum atomic E-state index is -0.649. The number of Topliss-reactive ketones (excluding diaryl/α,β-unsaturated/α-hetero) is 1. The van der Waals surface area contributed by atoms with Crippen LogP contribution >= 0.6 is 31.9 Å². The number of halogens is 2.